The van der Waals surface area contributed by atoms with Gasteiger partial charge >= 0.3 is 0 Å². The van der Waals surface area contributed by atoms with E-state index in [0.29, 0.717) is 18.0 Å². The Morgan fingerprint density at radius 3 is 2.57 bits per heavy atom. The van der Waals surface area contributed by atoms with Crippen LogP contribution in [0.2, 0.25) is 0 Å². The predicted molar refractivity (Wildman–Crippen MR) is 123 cm³/mol. The Morgan fingerprint density at radius 2 is 1.87 bits per heavy atom. The fourth-order valence-corrected chi connectivity index (χ4v) is 5.64. The number of amides is 2. The number of carbonyl (C=O) groups excluding carboxylic acids is 2. The molecule has 0 aliphatic carbocycles. The smallest absolute Gasteiger partial charge is 0.264 e. The molecule has 0 N–H and O–H groups in total. The van der Waals surface area contributed by atoms with Crippen molar-refractivity contribution in [2.24, 2.45) is 5.92 Å². The van der Waals surface area contributed by atoms with Gasteiger partial charge in [-0.2, -0.15) is 0 Å². The maximum absolute atomic E-state index is 13.5. The Kier molecular flexibility index (Phi) is 6.35. The Labute approximate surface area is 185 Å². The summed E-state index contributed by atoms with van der Waals surface area (Å²) >= 11 is 3.19. The van der Waals surface area contributed by atoms with Crippen molar-refractivity contribution in [2.75, 3.05) is 19.6 Å². The molecule has 4 nitrogen and oxygen atoms in total. The van der Waals surface area contributed by atoms with Crippen molar-refractivity contribution in [1.29, 1.82) is 0 Å². The SMILES string of the molecule is CC(C)CN(CC(=O)N1CCc2sccc2C1c1ccccc1)C(=O)c1cccs1. The molecular formula is C24H26N2O2S2. The monoisotopic (exact) mass is 438 g/mol. The molecule has 1 aliphatic rings. The summed E-state index contributed by atoms with van der Waals surface area (Å²) in [6.07, 6.45) is 0.866. The molecule has 3 aromatic rings. The van der Waals surface area contributed by atoms with Gasteiger partial charge in [-0.15, -0.1) is 22.7 Å². The Hall–Kier alpha value is -2.44. The highest BCUT2D eigenvalue weighted by Crippen LogP contribution is 2.37. The van der Waals surface area contributed by atoms with E-state index in [1.807, 2.05) is 40.6 Å². The summed E-state index contributed by atoms with van der Waals surface area (Å²) in [6.45, 7) is 5.50. The van der Waals surface area contributed by atoms with Gasteiger partial charge in [0.1, 0.15) is 6.54 Å². The summed E-state index contributed by atoms with van der Waals surface area (Å²) < 4.78 is 0. The van der Waals surface area contributed by atoms with Gasteiger partial charge in [0.05, 0.1) is 10.9 Å². The molecule has 1 aliphatic heterocycles. The lowest BCUT2D eigenvalue weighted by Gasteiger charge is -2.37. The zero-order chi connectivity index (χ0) is 21.1. The largest absolute Gasteiger partial charge is 0.330 e. The van der Waals surface area contributed by atoms with Crippen molar-refractivity contribution in [2.45, 2.75) is 26.3 Å². The molecule has 0 bridgehead atoms. The van der Waals surface area contributed by atoms with E-state index in [4.69, 9.17) is 0 Å². The molecular weight excluding hydrogens is 412 g/mol. The van der Waals surface area contributed by atoms with Crippen LogP contribution in [0.3, 0.4) is 0 Å². The number of carbonyl (C=O) groups is 2. The molecule has 1 aromatic carbocycles. The van der Waals surface area contributed by atoms with Crippen molar-refractivity contribution < 1.29 is 9.59 Å². The molecule has 1 atom stereocenters. The Morgan fingerprint density at radius 1 is 1.07 bits per heavy atom. The Bertz CT molecular complexity index is 995. The molecule has 156 valence electrons. The first-order valence-electron chi connectivity index (χ1n) is 10.3. The first kappa shape index (κ1) is 20.8. The van der Waals surface area contributed by atoms with Crippen LogP contribution < -0.4 is 0 Å². The van der Waals surface area contributed by atoms with Crippen LogP contribution in [-0.4, -0.2) is 41.2 Å². The van der Waals surface area contributed by atoms with Gasteiger partial charge in [-0.05, 0) is 46.4 Å². The molecule has 2 aromatic heterocycles. The molecule has 2 amide bonds. The van der Waals surface area contributed by atoms with Crippen LogP contribution in [0.15, 0.2) is 59.3 Å². The van der Waals surface area contributed by atoms with Crippen LogP contribution in [0, 0.1) is 5.92 Å². The topological polar surface area (TPSA) is 40.6 Å². The summed E-state index contributed by atoms with van der Waals surface area (Å²) in [7, 11) is 0. The summed E-state index contributed by atoms with van der Waals surface area (Å²) in [5.74, 6) is 0.235. The van der Waals surface area contributed by atoms with Gasteiger partial charge < -0.3 is 9.80 Å². The van der Waals surface area contributed by atoms with Gasteiger partial charge in [-0.3, -0.25) is 9.59 Å². The fourth-order valence-electron chi connectivity index (χ4n) is 4.05. The van der Waals surface area contributed by atoms with Crippen molar-refractivity contribution in [3.8, 4) is 0 Å². The summed E-state index contributed by atoms with van der Waals surface area (Å²) in [6, 6.07) is 16.0. The molecule has 0 spiro atoms. The number of hydrogen-bond donors (Lipinski definition) is 0. The number of rotatable bonds is 6. The van der Waals surface area contributed by atoms with E-state index in [1.54, 1.807) is 16.2 Å². The van der Waals surface area contributed by atoms with Crippen LogP contribution in [0.4, 0.5) is 0 Å². The minimum atomic E-state index is -0.0913. The second-order valence-electron chi connectivity index (χ2n) is 8.01. The highest BCUT2D eigenvalue weighted by Gasteiger charge is 2.34. The molecule has 1 unspecified atom stereocenters. The predicted octanol–water partition coefficient (Wildman–Crippen LogP) is 5.08. The zero-order valence-corrected chi connectivity index (χ0v) is 18.9. The lowest BCUT2D eigenvalue weighted by atomic mass is 9.93. The maximum atomic E-state index is 13.5. The molecule has 0 radical (unpaired) electrons. The highest BCUT2D eigenvalue weighted by atomic mass is 32.1. The van der Waals surface area contributed by atoms with Crippen molar-refractivity contribution in [1.82, 2.24) is 9.80 Å². The second kappa shape index (κ2) is 9.14. The first-order valence-corrected chi connectivity index (χ1v) is 12.0. The average molecular weight is 439 g/mol. The van der Waals surface area contributed by atoms with E-state index in [1.165, 1.54) is 21.8 Å². The highest BCUT2D eigenvalue weighted by molar-refractivity contribution is 7.12. The van der Waals surface area contributed by atoms with Crippen LogP contribution >= 0.6 is 22.7 Å². The van der Waals surface area contributed by atoms with Gasteiger partial charge in [0, 0.05) is 18.0 Å². The van der Waals surface area contributed by atoms with E-state index >= 15 is 0 Å². The lowest BCUT2D eigenvalue weighted by molar-refractivity contribution is -0.134. The molecule has 0 saturated carbocycles. The number of benzene rings is 1. The normalized spacial score (nSPS) is 15.8. The van der Waals surface area contributed by atoms with E-state index < -0.39 is 0 Å². The molecule has 4 rings (SSSR count). The van der Waals surface area contributed by atoms with Gasteiger partial charge in [0.2, 0.25) is 5.91 Å². The third-order valence-corrected chi connectivity index (χ3v) is 7.19. The van der Waals surface area contributed by atoms with Gasteiger partial charge in [-0.25, -0.2) is 0 Å². The van der Waals surface area contributed by atoms with Crippen molar-refractivity contribution >= 4 is 34.5 Å². The van der Waals surface area contributed by atoms with Crippen molar-refractivity contribution in [3.05, 3.63) is 80.2 Å². The van der Waals surface area contributed by atoms with Crippen LogP contribution in [0.1, 0.15) is 45.6 Å². The standard InChI is InChI=1S/C24H26N2O2S2/c1-17(2)15-25(24(28)21-9-6-13-29-21)16-22(27)26-12-10-20-19(11-14-30-20)23(26)18-7-4-3-5-8-18/h3-9,11,13-14,17,23H,10,12,15-16H2,1-2H3. The van der Waals surface area contributed by atoms with Gasteiger partial charge in [0.15, 0.2) is 0 Å². The van der Waals surface area contributed by atoms with E-state index in [-0.39, 0.29) is 30.3 Å². The van der Waals surface area contributed by atoms with Gasteiger partial charge in [-0.1, -0.05) is 50.2 Å². The van der Waals surface area contributed by atoms with Crippen LogP contribution in [0.25, 0.3) is 0 Å². The molecule has 6 heteroatoms. The number of nitrogens with zero attached hydrogens (tertiary/aromatic N) is 2. The lowest BCUT2D eigenvalue weighted by Crippen LogP contribution is -2.47. The number of thiophene rings is 2. The quantitative estimate of drug-likeness (QED) is 0.538. The van der Waals surface area contributed by atoms with Crippen LogP contribution in [0.5, 0.6) is 0 Å². The first-order chi connectivity index (χ1) is 14.5. The number of hydrogen-bond acceptors (Lipinski definition) is 4. The third kappa shape index (κ3) is 4.35. The minimum Gasteiger partial charge on any atom is -0.330 e. The van der Waals surface area contributed by atoms with E-state index in [9.17, 15) is 9.59 Å². The molecule has 30 heavy (non-hydrogen) atoms. The zero-order valence-electron chi connectivity index (χ0n) is 17.3. The second-order valence-corrected chi connectivity index (χ2v) is 9.95. The summed E-state index contributed by atoms with van der Waals surface area (Å²) in [5, 5.41) is 4.01. The Balaban J connectivity index is 1.61. The average Bonchev–Trinajstić information content (AvgIpc) is 3.44. The maximum Gasteiger partial charge on any atom is 0.264 e. The third-order valence-electron chi connectivity index (χ3n) is 5.33. The molecule has 0 fully saturated rings. The summed E-state index contributed by atoms with van der Waals surface area (Å²) in [4.78, 5) is 32.3. The fraction of sp³-hybridized carbons (Fsp3) is 0.333. The van der Waals surface area contributed by atoms with Crippen LogP contribution in [-0.2, 0) is 11.2 Å². The van der Waals surface area contributed by atoms with E-state index in [2.05, 4.69) is 37.4 Å². The van der Waals surface area contributed by atoms with Gasteiger partial charge in [0.25, 0.3) is 5.91 Å². The molecule has 0 saturated heterocycles. The molecule has 3 heterocycles. The number of fused-ring (bicyclic) bond motifs is 1. The van der Waals surface area contributed by atoms with E-state index in [0.717, 1.165) is 12.0 Å². The van der Waals surface area contributed by atoms with Crippen molar-refractivity contribution in [3.63, 3.8) is 0 Å². The summed E-state index contributed by atoms with van der Waals surface area (Å²) in [5.41, 5.74) is 2.33. The minimum absolute atomic E-state index is 0.00580.